The highest BCUT2D eigenvalue weighted by molar-refractivity contribution is 7.92. The van der Waals surface area contributed by atoms with E-state index in [1.165, 1.54) is 6.20 Å². The number of hydrogen-bond donors (Lipinski definition) is 1. The maximum atomic E-state index is 12.3. The monoisotopic (exact) mass is 421 g/mol. The van der Waals surface area contributed by atoms with Crippen LogP contribution in [0.1, 0.15) is 13.8 Å². The topological polar surface area (TPSA) is 125 Å². The predicted octanol–water partition coefficient (Wildman–Crippen LogP) is 3.62. The van der Waals surface area contributed by atoms with Crippen LogP contribution in [0.4, 0.5) is 5.82 Å². The quantitative estimate of drug-likeness (QED) is 0.518. The lowest BCUT2D eigenvalue weighted by Gasteiger charge is -2.09. The van der Waals surface area contributed by atoms with Crippen molar-refractivity contribution in [2.75, 3.05) is 5.73 Å². The number of aromatic nitrogens is 4. The first-order chi connectivity index (χ1) is 14.4. The van der Waals surface area contributed by atoms with Crippen molar-refractivity contribution in [3.63, 3.8) is 0 Å². The number of nitrogen functional groups attached to an aromatic ring is 1. The maximum absolute atomic E-state index is 12.3. The normalized spacial score (nSPS) is 11.7. The first-order valence-corrected chi connectivity index (χ1v) is 10.8. The van der Waals surface area contributed by atoms with Crippen LogP contribution in [0.25, 0.3) is 34.2 Å². The zero-order chi connectivity index (χ0) is 21.3. The van der Waals surface area contributed by atoms with Crippen LogP contribution in [0.15, 0.2) is 70.2 Å². The van der Waals surface area contributed by atoms with Gasteiger partial charge in [-0.1, -0.05) is 35.5 Å². The van der Waals surface area contributed by atoms with E-state index in [1.807, 2.05) is 30.3 Å². The molecule has 0 amide bonds. The zero-order valence-electron chi connectivity index (χ0n) is 16.4. The third-order valence-corrected chi connectivity index (χ3v) is 6.73. The minimum atomic E-state index is -3.35. The van der Waals surface area contributed by atoms with E-state index in [4.69, 9.17) is 10.3 Å². The molecule has 2 aromatic heterocycles. The van der Waals surface area contributed by atoms with Crippen LogP contribution < -0.4 is 5.73 Å². The Hall–Kier alpha value is -3.59. The maximum Gasteiger partial charge on any atom is 0.258 e. The van der Waals surface area contributed by atoms with Gasteiger partial charge in [-0.2, -0.15) is 4.98 Å². The van der Waals surface area contributed by atoms with Gasteiger partial charge in [0, 0.05) is 11.1 Å². The van der Waals surface area contributed by atoms with Gasteiger partial charge in [-0.3, -0.25) is 0 Å². The Labute approximate surface area is 173 Å². The van der Waals surface area contributed by atoms with Crippen LogP contribution in [-0.4, -0.2) is 33.8 Å². The lowest BCUT2D eigenvalue weighted by atomic mass is 10.1. The molecule has 4 aromatic rings. The lowest BCUT2D eigenvalue weighted by molar-refractivity contribution is 0.432. The van der Waals surface area contributed by atoms with Crippen LogP contribution in [0.3, 0.4) is 0 Å². The summed E-state index contributed by atoms with van der Waals surface area (Å²) in [6.07, 6.45) is 1.52. The molecular weight excluding hydrogens is 402 g/mol. The number of benzene rings is 2. The second kappa shape index (κ2) is 7.68. The Kier molecular flexibility index (Phi) is 5.04. The third-order valence-electron chi connectivity index (χ3n) is 4.56. The van der Waals surface area contributed by atoms with Crippen LogP contribution in [0.5, 0.6) is 0 Å². The highest BCUT2D eigenvalue weighted by atomic mass is 32.2. The van der Waals surface area contributed by atoms with Crippen molar-refractivity contribution >= 4 is 15.7 Å². The smallest absolute Gasteiger partial charge is 0.258 e. The van der Waals surface area contributed by atoms with Crippen molar-refractivity contribution in [2.24, 2.45) is 0 Å². The molecule has 0 spiro atoms. The Balaban J connectivity index is 1.69. The summed E-state index contributed by atoms with van der Waals surface area (Å²) in [4.78, 5) is 13.3. The molecule has 0 unspecified atom stereocenters. The average Bonchev–Trinajstić information content (AvgIpc) is 3.25. The summed E-state index contributed by atoms with van der Waals surface area (Å²) >= 11 is 0. The number of anilines is 1. The summed E-state index contributed by atoms with van der Waals surface area (Å²) in [5.41, 5.74) is 8.26. The average molecular weight is 421 g/mol. The molecule has 152 valence electrons. The van der Waals surface area contributed by atoms with Crippen molar-refractivity contribution in [1.82, 2.24) is 20.1 Å². The van der Waals surface area contributed by atoms with Gasteiger partial charge < -0.3 is 10.3 Å². The molecule has 0 saturated heterocycles. The third kappa shape index (κ3) is 3.67. The Morgan fingerprint density at radius 3 is 2.30 bits per heavy atom. The highest BCUT2D eigenvalue weighted by Gasteiger charge is 2.20. The van der Waals surface area contributed by atoms with Crippen LogP contribution in [0.2, 0.25) is 0 Å². The zero-order valence-corrected chi connectivity index (χ0v) is 17.2. The van der Waals surface area contributed by atoms with E-state index >= 15 is 0 Å². The van der Waals surface area contributed by atoms with Crippen LogP contribution in [-0.2, 0) is 9.84 Å². The summed E-state index contributed by atoms with van der Waals surface area (Å²) in [5, 5.41) is 3.48. The molecule has 0 fully saturated rings. The molecule has 0 atom stereocenters. The number of sulfone groups is 1. The second-order valence-electron chi connectivity index (χ2n) is 6.90. The molecular formula is C21H19N5O3S. The van der Waals surface area contributed by atoms with E-state index in [1.54, 1.807) is 38.1 Å². The van der Waals surface area contributed by atoms with E-state index in [0.717, 1.165) is 5.56 Å². The summed E-state index contributed by atoms with van der Waals surface area (Å²) in [5.74, 6) is 0.735. The van der Waals surface area contributed by atoms with Gasteiger partial charge in [0.05, 0.1) is 22.0 Å². The second-order valence-corrected chi connectivity index (χ2v) is 9.40. The molecule has 2 aromatic carbocycles. The number of hydrogen-bond acceptors (Lipinski definition) is 8. The largest absolute Gasteiger partial charge is 0.382 e. The van der Waals surface area contributed by atoms with E-state index in [2.05, 4.69) is 20.1 Å². The van der Waals surface area contributed by atoms with Gasteiger partial charge in [-0.15, -0.1) is 0 Å². The minimum Gasteiger partial charge on any atom is -0.382 e. The molecule has 0 saturated carbocycles. The van der Waals surface area contributed by atoms with Crippen LogP contribution >= 0.6 is 0 Å². The van der Waals surface area contributed by atoms with Gasteiger partial charge in [-0.25, -0.2) is 18.4 Å². The molecule has 0 bridgehead atoms. The summed E-state index contributed by atoms with van der Waals surface area (Å²) < 4.78 is 30.0. The predicted molar refractivity (Wildman–Crippen MR) is 113 cm³/mol. The molecule has 30 heavy (non-hydrogen) atoms. The van der Waals surface area contributed by atoms with Crippen molar-refractivity contribution in [3.05, 3.63) is 60.8 Å². The number of rotatable bonds is 5. The van der Waals surface area contributed by atoms with Gasteiger partial charge in [0.25, 0.3) is 5.89 Å². The standard InChI is InChI=1S/C21H19N5O3S/c1-13(2)30(27,28)16-10-8-14(9-11-16)17-12-23-19(22)18(24-17)20-25-21(29-26-20)15-6-4-3-5-7-15/h3-13H,1-2H3,(H2,22,23). The SMILES string of the molecule is CC(C)S(=O)(=O)c1ccc(-c2cnc(N)c(-c3noc(-c4ccccc4)n3)n2)cc1. The van der Waals surface area contributed by atoms with E-state index in [-0.39, 0.29) is 22.2 Å². The van der Waals surface area contributed by atoms with Crippen molar-refractivity contribution in [2.45, 2.75) is 24.0 Å². The van der Waals surface area contributed by atoms with Crippen molar-refractivity contribution in [1.29, 1.82) is 0 Å². The van der Waals surface area contributed by atoms with Gasteiger partial charge >= 0.3 is 0 Å². The fraction of sp³-hybridized carbons (Fsp3) is 0.143. The van der Waals surface area contributed by atoms with Crippen LogP contribution in [0, 0.1) is 0 Å². The molecule has 4 rings (SSSR count). The minimum absolute atomic E-state index is 0.165. The van der Waals surface area contributed by atoms with Crippen molar-refractivity contribution in [3.8, 4) is 34.2 Å². The van der Waals surface area contributed by atoms with E-state index in [0.29, 0.717) is 17.1 Å². The molecule has 0 aliphatic rings. The molecule has 2 heterocycles. The van der Waals surface area contributed by atoms with Gasteiger partial charge in [0.2, 0.25) is 5.82 Å². The van der Waals surface area contributed by atoms with E-state index < -0.39 is 15.1 Å². The molecule has 0 aliphatic carbocycles. The van der Waals surface area contributed by atoms with Gasteiger partial charge in [-0.05, 0) is 38.1 Å². The summed E-state index contributed by atoms with van der Waals surface area (Å²) in [6, 6.07) is 15.8. The summed E-state index contributed by atoms with van der Waals surface area (Å²) in [7, 11) is -3.35. The number of nitrogens with zero attached hydrogens (tertiary/aromatic N) is 4. The fourth-order valence-electron chi connectivity index (χ4n) is 2.81. The summed E-state index contributed by atoms with van der Waals surface area (Å²) in [6.45, 7) is 3.30. The van der Waals surface area contributed by atoms with Crippen molar-refractivity contribution < 1.29 is 12.9 Å². The Morgan fingerprint density at radius 1 is 0.933 bits per heavy atom. The Morgan fingerprint density at radius 2 is 1.63 bits per heavy atom. The lowest BCUT2D eigenvalue weighted by Crippen LogP contribution is -2.13. The highest BCUT2D eigenvalue weighted by Crippen LogP contribution is 2.27. The first kappa shape index (κ1) is 19.7. The van der Waals surface area contributed by atoms with Gasteiger partial charge in [0.1, 0.15) is 0 Å². The first-order valence-electron chi connectivity index (χ1n) is 9.22. The number of nitrogens with two attached hydrogens (primary N) is 1. The molecule has 2 N–H and O–H groups in total. The van der Waals surface area contributed by atoms with Gasteiger partial charge in [0.15, 0.2) is 21.3 Å². The van der Waals surface area contributed by atoms with E-state index in [9.17, 15) is 8.42 Å². The fourth-order valence-corrected chi connectivity index (χ4v) is 3.87. The molecule has 0 aliphatic heterocycles. The molecule has 8 nitrogen and oxygen atoms in total. The Bertz CT molecular complexity index is 1280. The molecule has 9 heteroatoms. The molecule has 0 radical (unpaired) electrons.